The van der Waals surface area contributed by atoms with Crippen LogP contribution < -0.4 is 26.9 Å². The average Bonchev–Trinajstić information content (AvgIpc) is 1.79. The van der Waals surface area contributed by atoms with Crippen molar-refractivity contribution in [2.24, 2.45) is 11.8 Å². The van der Waals surface area contributed by atoms with Gasteiger partial charge in [-0.2, -0.15) is 0 Å². The number of hydrazine groups is 2. The number of hydrogen-bond donors (Lipinski definition) is 17. The topological polar surface area (TPSA) is 530 Å². The van der Waals surface area contributed by atoms with Crippen LogP contribution in [-0.2, 0) is 91.5 Å². The van der Waals surface area contributed by atoms with Crippen LogP contribution in [0.3, 0.4) is 0 Å². The van der Waals surface area contributed by atoms with E-state index in [0.29, 0.717) is 91.2 Å². The van der Waals surface area contributed by atoms with Gasteiger partial charge in [-0.05, 0) is 102 Å². The molecule has 8 heterocycles. The number of aromatic nitrogens is 9. The highest BCUT2D eigenvalue weighted by atomic mass is 16.7. The molecule has 1 unspecified atom stereocenters. The molecule has 40 nitrogen and oxygen atoms in total. The van der Waals surface area contributed by atoms with Crippen molar-refractivity contribution >= 4 is 17.7 Å². The second-order valence-electron chi connectivity index (χ2n) is 30.0. The van der Waals surface area contributed by atoms with Crippen LogP contribution in [0.5, 0.6) is 0 Å². The van der Waals surface area contributed by atoms with Gasteiger partial charge in [0, 0.05) is 136 Å². The molecule has 21 atom stereocenters. The third-order valence-electron chi connectivity index (χ3n) is 20.6. The molecule has 0 saturated carbocycles. The lowest BCUT2D eigenvalue weighted by Gasteiger charge is -2.42. The molecule has 4 saturated heterocycles. The van der Waals surface area contributed by atoms with Gasteiger partial charge in [-0.15, -0.1) is 20.8 Å². The minimum Gasteiger partial charge on any atom is -0.394 e. The molecular weight excluding hydrogens is 1460 g/mol. The Kier molecular flexibility index (Phi) is 38.2. The standard InChI is InChI=1S/C71H125N17O23/c1-43(2)52(84(33-50-37-87(81-77-50)25-12-7-17-27-104-68-44(3)60(96)61(97)53(39-89)108-68)34-51-38-88(82-78-51)26-15-10-20-30-107-71-59(74-47(6)95)67(103)64(100)56(42-92)111-71)21-11-16-22-83(31-48-35-85(79-75-48)23-13-8-18-28-105-69-57(72-45(4)93)65(101)62(98)54(40-90)109-69)32-49-36-86(80-76-49)24-14-9-19-29-106-70-58(73-46(5)94)66(102)63(99)55(41-91)110-70/h35-38,43-44,52-71,78,82,89-92,96-103H,7-34,39-42H2,1-6H3,(H,72,93)(H,73,94)(H,74,95)/t44-,52?,53-,54-,55-,56-,57-,58-,59-,60-,61+,62+,63+,64+,65-,66-,67-,68-,69-,70-,71-/m1/s1. The highest BCUT2D eigenvalue weighted by Crippen LogP contribution is 2.30. The first-order valence-corrected chi connectivity index (χ1v) is 39.3. The molecule has 0 radical (unpaired) electrons. The molecule has 0 bridgehead atoms. The van der Waals surface area contributed by atoms with Gasteiger partial charge in [0.1, 0.15) is 85.3 Å². The Labute approximate surface area is 647 Å². The lowest BCUT2D eigenvalue weighted by atomic mass is 9.92. The maximum atomic E-state index is 11.9. The summed E-state index contributed by atoms with van der Waals surface area (Å²) in [5.41, 5.74) is 9.98. The van der Waals surface area contributed by atoms with Gasteiger partial charge in [0.05, 0.1) is 55.3 Å². The van der Waals surface area contributed by atoms with E-state index < -0.39 is 167 Å². The zero-order valence-electron chi connectivity index (χ0n) is 64.9. The third-order valence-corrected chi connectivity index (χ3v) is 20.6. The molecule has 111 heavy (non-hydrogen) atoms. The minimum atomic E-state index is -1.41. The number of nitrogens with one attached hydrogen (secondary N) is 5. The smallest absolute Gasteiger partial charge is 0.217 e. The van der Waals surface area contributed by atoms with Gasteiger partial charge < -0.3 is 121 Å². The minimum absolute atomic E-state index is 0.0881. The van der Waals surface area contributed by atoms with Crippen LogP contribution in [-0.4, -0.2) is 334 Å². The molecule has 0 aromatic carbocycles. The van der Waals surface area contributed by atoms with Crippen LogP contribution in [0.15, 0.2) is 30.5 Å². The van der Waals surface area contributed by atoms with Crippen LogP contribution in [0.1, 0.15) is 155 Å². The quantitative estimate of drug-likeness (QED) is 0.0239. The van der Waals surface area contributed by atoms with Crippen LogP contribution in [0, 0.1) is 11.8 Å². The van der Waals surface area contributed by atoms with Crippen molar-refractivity contribution in [3.8, 4) is 0 Å². The van der Waals surface area contributed by atoms with Crippen molar-refractivity contribution in [2.75, 3.05) is 72.5 Å². The van der Waals surface area contributed by atoms with Crippen molar-refractivity contribution in [1.82, 2.24) is 86.7 Å². The molecule has 5 aliphatic heterocycles. The molecule has 0 aliphatic carbocycles. The summed E-state index contributed by atoms with van der Waals surface area (Å²) in [7, 11) is 0. The first kappa shape index (κ1) is 90.8. The summed E-state index contributed by atoms with van der Waals surface area (Å²) in [5, 5.41) is 160. The van der Waals surface area contributed by atoms with Gasteiger partial charge in [0.2, 0.25) is 17.7 Å². The van der Waals surface area contributed by atoms with Crippen molar-refractivity contribution < 1.29 is 114 Å². The van der Waals surface area contributed by atoms with Crippen LogP contribution in [0.2, 0.25) is 0 Å². The molecule has 5 aliphatic rings. The monoisotopic (exact) mass is 1580 g/mol. The average molecular weight is 1580 g/mol. The Bertz CT molecular complexity index is 3100. The predicted molar refractivity (Wildman–Crippen MR) is 390 cm³/mol. The first-order valence-electron chi connectivity index (χ1n) is 39.3. The van der Waals surface area contributed by atoms with Gasteiger partial charge in [-0.3, -0.25) is 43.2 Å². The number of ether oxygens (including phenoxy) is 8. The van der Waals surface area contributed by atoms with E-state index in [1.54, 1.807) is 16.3 Å². The van der Waals surface area contributed by atoms with Gasteiger partial charge >= 0.3 is 0 Å². The molecule has 40 heteroatoms. The molecule has 8 rings (SSSR count). The maximum absolute atomic E-state index is 11.9. The fourth-order valence-corrected chi connectivity index (χ4v) is 14.4. The molecule has 3 amide bonds. The highest BCUT2D eigenvalue weighted by molar-refractivity contribution is 5.74. The van der Waals surface area contributed by atoms with Crippen molar-refractivity contribution in [2.45, 2.75) is 300 Å². The Morgan fingerprint density at radius 2 is 0.829 bits per heavy atom. The van der Waals surface area contributed by atoms with Gasteiger partial charge in [-0.1, -0.05) is 42.8 Å². The Morgan fingerprint density at radius 3 is 1.21 bits per heavy atom. The summed E-state index contributed by atoms with van der Waals surface area (Å²) in [6.45, 7) is 14.1. The summed E-state index contributed by atoms with van der Waals surface area (Å²) >= 11 is 0. The van der Waals surface area contributed by atoms with E-state index in [1.807, 2.05) is 28.3 Å². The molecule has 3 aromatic heterocycles. The second kappa shape index (κ2) is 46.7. The molecule has 3 aromatic rings. The van der Waals surface area contributed by atoms with Crippen LogP contribution in [0.25, 0.3) is 0 Å². The third kappa shape index (κ3) is 28.0. The van der Waals surface area contributed by atoms with E-state index in [0.717, 1.165) is 93.4 Å². The predicted octanol–water partition coefficient (Wildman–Crippen LogP) is -4.02. The number of carbonyl (C=O) groups is 3. The fraction of sp³-hybridized carbons (Fsp3) is 0.845. The van der Waals surface area contributed by atoms with E-state index in [9.17, 15) is 75.7 Å². The Hall–Kier alpha value is -5.75. The summed E-state index contributed by atoms with van der Waals surface area (Å²) in [6, 6.07) is -2.99. The number of unbranched alkanes of at least 4 members (excludes halogenated alkanes) is 9. The second-order valence-corrected chi connectivity index (χ2v) is 30.0. The highest BCUT2D eigenvalue weighted by Gasteiger charge is 2.49. The number of hydrogen-bond acceptors (Lipinski definition) is 34. The number of nitrogens with zero attached hydrogens (tertiary/aromatic N) is 12. The zero-order valence-corrected chi connectivity index (χ0v) is 64.9. The SMILES string of the molecule is CC(=O)N[C@H]1[C@H](OCCCCCN2C=C(CN(Cc3cn(CCCCCO[C@@H]4O[C@H](CO)[C@H](O)[C@H](O)[C@H]4C)nn3)C(CCCCN(Cc3cn(CCCCCO[C@@H]4O[C@H](CO)[C@H](O)[C@H](O)[C@H]4NC(C)=O)nn3)Cc3cn(CCCCCO[C@@H]4O[C@H](CO)[C@H](O)[C@H](O)[C@H]4NC(C)=O)nn3)C(C)C)NN2)O[C@H](CO)[C@H](O)[C@@H]1O. The van der Waals surface area contributed by atoms with Gasteiger partial charge in [0.15, 0.2) is 25.2 Å². The van der Waals surface area contributed by atoms with Crippen molar-refractivity contribution in [3.05, 3.63) is 47.6 Å². The number of aliphatic hydroxyl groups excluding tert-OH is 12. The van der Waals surface area contributed by atoms with E-state index in [-0.39, 0.29) is 31.8 Å². The first-order chi connectivity index (χ1) is 53.4. The normalized spacial score (nSPS) is 29.5. The Balaban J connectivity index is 0.883. The van der Waals surface area contributed by atoms with E-state index in [2.05, 4.69) is 87.7 Å². The van der Waals surface area contributed by atoms with E-state index >= 15 is 0 Å². The molecule has 4 fully saturated rings. The molecular formula is C71H125N17O23. The van der Waals surface area contributed by atoms with Gasteiger partial charge in [-0.25, -0.2) is 0 Å². The summed E-state index contributed by atoms with van der Waals surface area (Å²) in [6.07, 6.45) is 0.206. The van der Waals surface area contributed by atoms with Crippen molar-refractivity contribution in [1.29, 1.82) is 0 Å². The zero-order chi connectivity index (χ0) is 80.1. The maximum Gasteiger partial charge on any atom is 0.217 e. The fourth-order valence-electron chi connectivity index (χ4n) is 14.4. The molecule has 632 valence electrons. The number of rotatable bonds is 50. The van der Waals surface area contributed by atoms with Crippen molar-refractivity contribution in [3.63, 3.8) is 0 Å². The lowest BCUT2D eigenvalue weighted by molar-refractivity contribution is -0.282. The molecule has 0 spiro atoms. The van der Waals surface area contributed by atoms with Crippen LogP contribution in [0.4, 0.5) is 0 Å². The summed E-state index contributed by atoms with van der Waals surface area (Å²) < 4.78 is 52.1. The summed E-state index contributed by atoms with van der Waals surface area (Å²) in [4.78, 5) is 40.5. The Morgan fingerprint density at radius 1 is 0.468 bits per heavy atom. The number of aryl methyl sites for hydroxylation is 3. The van der Waals surface area contributed by atoms with E-state index in [1.165, 1.54) is 20.8 Å². The van der Waals surface area contributed by atoms with Crippen LogP contribution >= 0.6 is 0 Å². The largest absolute Gasteiger partial charge is 0.394 e. The number of carbonyl (C=O) groups excluding carboxylic acids is 3. The number of amides is 3. The summed E-state index contributed by atoms with van der Waals surface area (Å²) in [5.74, 6) is -1.57. The molecule has 17 N–H and O–H groups in total. The van der Waals surface area contributed by atoms with Gasteiger partial charge in [0.25, 0.3) is 0 Å². The lowest BCUT2D eigenvalue weighted by Crippen LogP contribution is -2.64. The number of aliphatic hydroxyl groups is 12. The van der Waals surface area contributed by atoms with E-state index in [4.69, 9.17) is 37.9 Å².